The summed E-state index contributed by atoms with van der Waals surface area (Å²) in [4.78, 5) is 6.37. The highest BCUT2D eigenvalue weighted by Gasteiger charge is 2.00. The van der Waals surface area contributed by atoms with Crippen molar-refractivity contribution < 1.29 is 9.50 Å². The zero-order valence-corrected chi connectivity index (χ0v) is 6.21. The minimum absolute atomic E-state index is 0.0731. The molecule has 4 heteroatoms. The van der Waals surface area contributed by atoms with Gasteiger partial charge in [-0.25, -0.2) is 4.98 Å². The summed E-state index contributed by atoms with van der Waals surface area (Å²) in [5, 5.41) is 9.49. The van der Waals surface area contributed by atoms with Gasteiger partial charge in [-0.15, -0.1) is 0 Å². The highest BCUT2D eigenvalue weighted by Crippen LogP contribution is 2.14. The number of aromatic amines is 1. The molecular formula is C8H7FN2O. The first-order valence-corrected chi connectivity index (χ1v) is 3.53. The molecule has 3 nitrogen and oxygen atoms in total. The van der Waals surface area contributed by atoms with Crippen LogP contribution in [0.2, 0.25) is 0 Å². The standard InChI is InChI=1S/C8H7FN2O/c9-8-2-5-1-6(4-12)11-7(5)3-10-8/h1-3,11-12H,4H2. The van der Waals surface area contributed by atoms with Gasteiger partial charge in [0, 0.05) is 17.1 Å². The molecule has 0 aromatic carbocycles. The summed E-state index contributed by atoms with van der Waals surface area (Å²) in [6.07, 6.45) is 1.41. The molecule has 2 N–H and O–H groups in total. The van der Waals surface area contributed by atoms with Crippen LogP contribution in [0.25, 0.3) is 10.9 Å². The van der Waals surface area contributed by atoms with E-state index in [2.05, 4.69) is 9.97 Å². The van der Waals surface area contributed by atoms with Gasteiger partial charge in [0.05, 0.1) is 18.3 Å². The van der Waals surface area contributed by atoms with Crippen molar-refractivity contribution in [1.29, 1.82) is 0 Å². The summed E-state index contributed by atoms with van der Waals surface area (Å²) in [5.41, 5.74) is 1.40. The molecule has 0 aliphatic rings. The zero-order valence-electron chi connectivity index (χ0n) is 6.21. The lowest BCUT2D eigenvalue weighted by atomic mass is 10.3. The summed E-state index contributed by atoms with van der Waals surface area (Å²) in [6, 6.07) is 3.02. The van der Waals surface area contributed by atoms with Crippen LogP contribution in [-0.4, -0.2) is 15.1 Å². The third kappa shape index (κ3) is 1.06. The summed E-state index contributed by atoms with van der Waals surface area (Å²) in [7, 11) is 0. The van der Waals surface area contributed by atoms with Crippen molar-refractivity contribution >= 4 is 10.9 Å². The van der Waals surface area contributed by atoms with Gasteiger partial charge in [0.25, 0.3) is 0 Å². The summed E-state index contributed by atoms with van der Waals surface area (Å²) < 4.78 is 12.6. The van der Waals surface area contributed by atoms with E-state index in [1.54, 1.807) is 6.07 Å². The molecule has 0 aliphatic carbocycles. The third-order valence-corrected chi connectivity index (χ3v) is 1.70. The Hall–Kier alpha value is -1.42. The van der Waals surface area contributed by atoms with Crippen molar-refractivity contribution in [3.8, 4) is 0 Å². The molecule has 0 atom stereocenters. The van der Waals surface area contributed by atoms with Crippen LogP contribution in [0.5, 0.6) is 0 Å². The number of hydrogen-bond donors (Lipinski definition) is 2. The number of aromatic nitrogens is 2. The molecule has 0 unspecified atom stereocenters. The number of aliphatic hydroxyl groups is 1. The van der Waals surface area contributed by atoms with E-state index in [0.717, 1.165) is 10.9 Å². The predicted molar refractivity (Wildman–Crippen MR) is 42.0 cm³/mol. The van der Waals surface area contributed by atoms with E-state index < -0.39 is 5.95 Å². The Balaban J connectivity index is 2.67. The molecule has 2 aromatic heterocycles. The van der Waals surface area contributed by atoms with Crippen molar-refractivity contribution in [1.82, 2.24) is 9.97 Å². The molecule has 0 spiro atoms. The number of fused-ring (bicyclic) bond motifs is 1. The van der Waals surface area contributed by atoms with Crippen molar-refractivity contribution in [2.75, 3.05) is 0 Å². The lowest BCUT2D eigenvalue weighted by Gasteiger charge is -1.87. The first-order chi connectivity index (χ1) is 5.79. The van der Waals surface area contributed by atoms with Crippen molar-refractivity contribution in [3.05, 3.63) is 30.0 Å². The minimum atomic E-state index is -0.508. The van der Waals surface area contributed by atoms with Crippen LogP contribution in [0.15, 0.2) is 18.3 Å². The Morgan fingerprint density at radius 3 is 3.08 bits per heavy atom. The van der Waals surface area contributed by atoms with E-state index >= 15 is 0 Å². The largest absolute Gasteiger partial charge is 0.390 e. The molecule has 2 aromatic rings. The number of rotatable bonds is 1. The zero-order chi connectivity index (χ0) is 8.55. The van der Waals surface area contributed by atoms with Crippen molar-refractivity contribution in [2.24, 2.45) is 0 Å². The number of hydrogen-bond acceptors (Lipinski definition) is 2. The molecule has 62 valence electrons. The molecule has 12 heavy (non-hydrogen) atoms. The smallest absolute Gasteiger partial charge is 0.213 e. The van der Waals surface area contributed by atoms with Gasteiger partial charge >= 0.3 is 0 Å². The number of nitrogens with one attached hydrogen (secondary N) is 1. The lowest BCUT2D eigenvalue weighted by molar-refractivity contribution is 0.278. The van der Waals surface area contributed by atoms with E-state index in [1.807, 2.05) is 0 Å². The predicted octanol–water partition coefficient (Wildman–Crippen LogP) is 1.19. The average Bonchev–Trinajstić information content (AvgIpc) is 2.46. The van der Waals surface area contributed by atoms with Crippen LogP contribution < -0.4 is 0 Å². The first-order valence-electron chi connectivity index (χ1n) is 3.53. The van der Waals surface area contributed by atoms with Gasteiger partial charge in [-0.05, 0) is 6.07 Å². The summed E-state index contributed by atoms with van der Waals surface area (Å²) in [6.45, 7) is -0.0731. The summed E-state index contributed by atoms with van der Waals surface area (Å²) in [5.74, 6) is -0.508. The van der Waals surface area contributed by atoms with Crippen LogP contribution in [0.4, 0.5) is 4.39 Å². The van der Waals surface area contributed by atoms with Crippen molar-refractivity contribution in [3.63, 3.8) is 0 Å². The number of H-pyrrole nitrogens is 1. The van der Waals surface area contributed by atoms with Gasteiger partial charge in [-0.1, -0.05) is 0 Å². The van der Waals surface area contributed by atoms with Crippen LogP contribution in [0.3, 0.4) is 0 Å². The molecule has 0 aliphatic heterocycles. The van der Waals surface area contributed by atoms with Gasteiger partial charge < -0.3 is 10.1 Å². The third-order valence-electron chi connectivity index (χ3n) is 1.70. The van der Waals surface area contributed by atoms with Crippen LogP contribution in [0.1, 0.15) is 5.69 Å². The van der Waals surface area contributed by atoms with Crippen molar-refractivity contribution in [2.45, 2.75) is 6.61 Å². The van der Waals surface area contributed by atoms with E-state index in [4.69, 9.17) is 5.11 Å². The SMILES string of the molecule is OCc1cc2cc(F)ncc2[nH]1. The maximum Gasteiger partial charge on any atom is 0.213 e. The Labute approximate surface area is 67.9 Å². The number of aliphatic hydroxyl groups excluding tert-OH is 1. The molecule has 2 rings (SSSR count). The number of halogens is 1. The Morgan fingerprint density at radius 1 is 1.50 bits per heavy atom. The number of nitrogens with zero attached hydrogens (tertiary/aromatic N) is 1. The second-order valence-corrected chi connectivity index (χ2v) is 2.55. The molecule has 0 bridgehead atoms. The monoisotopic (exact) mass is 166 g/mol. The first kappa shape index (κ1) is 7.24. The summed E-state index contributed by atoms with van der Waals surface area (Å²) >= 11 is 0. The number of pyridine rings is 1. The molecule has 0 saturated carbocycles. The molecule has 0 saturated heterocycles. The van der Waals surface area contributed by atoms with Gasteiger partial charge in [-0.3, -0.25) is 0 Å². The second-order valence-electron chi connectivity index (χ2n) is 2.55. The topological polar surface area (TPSA) is 48.9 Å². The Kier molecular flexibility index (Phi) is 1.55. The van der Waals surface area contributed by atoms with Gasteiger partial charge in [-0.2, -0.15) is 4.39 Å². The van der Waals surface area contributed by atoms with E-state index in [1.165, 1.54) is 12.3 Å². The fourth-order valence-electron chi connectivity index (χ4n) is 1.15. The minimum Gasteiger partial charge on any atom is -0.390 e. The Morgan fingerprint density at radius 2 is 2.33 bits per heavy atom. The van der Waals surface area contributed by atoms with Gasteiger partial charge in [0.2, 0.25) is 5.95 Å². The average molecular weight is 166 g/mol. The van der Waals surface area contributed by atoms with Crippen LogP contribution in [0, 0.1) is 5.95 Å². The second kappa shape index (κ2) is 2.57. The molecule has 0 radical (unpaired) electrons. The normalized spacial score (nSPS) is 10.8. The lowest BCUT2D eigenvalue weighted by Crippen LogP contribution is -1.80. The fourth-order valence-corrected chi connectivity index (χ4v) is 1.15. The van der Waals surface area contributed by atoms with Gasteiger partial charge in [0.1, 0.15) is 0 Å². The van der Waals surface area contributed by atoms with E-state index in [-0.39, 0.29) is 6.61 Å². The molecule has 0 fully saturated rings. The fraction of sp³-hybridized carbons (Fsp3) is 0.125. The molecule has 2 heterocycles. The van der Waals surface area contributed by atoms with E-state index in [9.17, 15) is 4.39 Å². The highest BCUT2D eigenvalue weighted by molar-refractivity contribution is 5.79. The maximum absolute atomic E-state index is 12.6. The quantitative estimate of drug-likeness (QED) is 0.625. The maximum atomic E-state index is 12.6. The highest BCUT2D eigenvalue weighted by atomic mass is 19.1. The van der Waals surface area contributed by atoms with Crippen LogP contribution >= 0.6 is 0 Å². The van der Waals surface area contributed by atoms with Gasteiger partial charge in [0.15, 0.2) is 0 Å². The Bertz CT molecular complexity index is 410. The molecule has 0 amide bonds. The van der Waals surface area contributed by atoms with E-state index in [0.29, 0.717) is 5.69 Å². The molecular weight excluding hydrogens is 159 g/mol. The van der Waals surface area contributed by atoms with Crippen LogP contribution in [-0.2, 0) is 6.61 Å².